The maximum atomic E-state index is 13.2. The maximum Gasteiger partial charge on any atom is 0.340 e. The molecule has 0 fully saturated rings. The standard InChI is InChI=1S/C23H22FNO5/c1-14-11-20(15(2)25(14)17-7-5-16(24)6-8-17)23(27)30-13-21(26)19-10-9-18(28-3)12-22(19)29-4/h5-12H,13H2,1-4H3. The molecule has 0 bridgehead atoms. The number of benzene rings is 2. The molecule has 0 aliphatic rings. The molecular formula is C23H22FNO5. The molecule has 7 heteroatoms. The van der Waals surface area contributed by atoms with Gasteiger partial charge in [-0.15, -0.1) is 0 Å². The van der Waals surface area contributed by atoms with Crippen molar-refractivity contribution in [1.82, 2.24) is 4.57 Å². The quantitative estimate of drug-likeness (QED) is 0.429. The Balaban J connectivity index is 1.76. The van der Waals surface area contributed by atoms with E-state index in [4.69, 9.17) is 14.2 Å². The second-order valence-electron chi connectivity index (χ2n) is 6.66. The molecule has 2 aromatic carbocycles. The SMILES string of the molecule is COc1ccc(C(=O)COC(=O)c2cc(C)n(-c3ccc(F)cc3)c2C)c(OC)c1. The summed E-state index contributed by atoms with van der Waals surface area (Å²) in [7, 11) is 2.96. The lowest BCUT2D eigenvalue weighted by molar-refractivity contribution is 0.0473. The van der Waals surface area contributed by atoms with Crippen LogP contribution in [0.15, 0.2) is 48.5 Å². The minimum atomic E-state index is -0.614. The zero-order valence-electron chi connectivity index (χ0n) is 17.2. The van der Waals surface area contributed by atoms with Gasteiger partial charge in [-0.25, -0.2) is 9.18 Å². The minimum Gasteiger partial charge on any atom is -0.497 e. The van der Waals surface area contributed by atoms with Crippen LogP contribution >= 0.6 is 0 Å². The summed E-state index contributed by atoms with van der Waals surface area (Å²) in [4.78, 5) is 25.1. The van der Waals surface area contributed by atoms with Crippen molar-refractivity contribution in [3.8, 4) is 17.2 Å². The van der Waals surface area contributed by atoms with Crippen LogP contribution in [0.5, 0.6) is 11.5 Å². The lowest BCUT2D eigenvalue weighted by atomic mass is 10.1. The summed E-state index contributed by atoms with van der Waals surface area (Å²) >= 11 is 0. The van der Waals surface area contributed by atoms with Crippen LogP contribution in [0.3, 0.4) is 0 Å². The van der Waals surface area contributed by atoms with E-state index in [9.17, 15) is 14.0 Å². The molecule has 6 nitrogen and oxygen atoms in total. The molecule has 0 N–H and O–H groups in total. The van der Waals surface area contributed by atoms with Crippen molar-refractivity contribution >= 4 is 11.8 Å². The molecule has 30 heavy (non-hydrogen) atoms. The first-order valence-electron chi connectivity index (χ1n) is 9.23. The summed E-state index contributed by atoms with van der Waals surface area (Å²) < 4.78 is 30.6. The predicted octanol–water partition coefficient (Wildman–Crippen LogP) is 4.29. The van der Waals surface area contributed by atoms with E-state index in [1.54, 1.807) is 43.3 Å². The molecule has 0 saturated carbocycles. The van der Waals surface area contributed by atoms with Gasteiger partial charge in [0, 0.05) is 23.1 Å². The number of rotatable bonds is 7. The van der Waals surface area contributed by atoms with Gasteiger partial charge in [0.25, 0.3) is 0 Å². The van der Waals surface area contributed by atoms with Crippen molar-refractivity contribution in [1.29, 1.82) is 0 Å². The zero-order valence-corrected chi connectivity index (χ0v) is 17.2. The van der Waals surface area contributed by atoms with Gasteiger partial charge in [-0.1, -0.05) is 0 Å². The highest BCUT2D eigenvalue weighted by molar-refractivity contribution is 6.01. The van der Waals surface area contributed by atoms with Crippen LogP contribution in [-0.2, 0) is 4.74 Å². The Hall–Kier alpha value is -3.61. The number of halogens is 1. The first kappa shape index (κ1) is 21.1. The van der Waals surface area contributed by atoms with Crippen LogP contribution in [0.2, 0.25) is 0 Å². The zero-order chi connectivity index (χ0) is 21.8. The molecule has 3 aromatic rings. The van der Waals surface area contributed by atoms with Crippen molar-refractivity contribution in [2.75, 3.05) is 20.8 Å². The first-order valence-corrected chi connectivity index (χ1v) is 9.23. The van der Waals surface area contributed by atoms with E-state index in [1.807, 2.05) is 11.5 Å². The van der Waals surface area contributed by atoms with Gasteiger partial charge in [0.15, 0.2) is 6.61 Å². The number of hydrogen-bond acceptors (Lipinski definition) is 5. The molecular weight excluding hydrogens is 389 g/mol. The Morgan fingerprint density at radius 1 is 0.933 bits per heavy atom. The van der Waals surface area contributed by atoms with Crippen LogP contribution in [-0.4, -0.2) is 37.1 Å². The molecule has 0 spiro atoms. The molecule has 0 saturated heterocycles. The second-order valence-corrected chi connectivity index (χ2v) is 6.66. The number of hydrogen-bond donors (Lipinski definition) is 0. The van der Waals surface area contributed by atoms with Gasteiger partial charge in [-0.2, -0.15) is 0 Å². The topological polar surface area (TPSA) is 66.8 Å². The number of nitrogens with zero attached hydrogens (tertiary/aromatic N) is 1. The third-order valence-electron chi connectivity index (χ3n) is 4.78. The molecule has 0 aliphatic carbocycles. The van der Waals surface area contributed by atoms with Crippen LogP contribution in [0, 0.1) is 19.7 Å². The van der Waals surface area contributed by atoms with Crippen LogP contribution in [0.1, 0.15) is 32.1 Å². The second kappa shape index (κ2) is 8.82. The third-order valence-corrected chi connectivity index (χ3v) is 4.78. The summed E-state index contributed by atoms with van der Waals surface area (Å²) in [5.41, 5.74) is 2.78. The highest BCUT2D eigenvalue weighted by atomic mass is 19.1. The Morgan fingerprint density at radius 3 is 2.27 bits per heavy atom. The van der Waals surface area contributed by atoms with Gasteiger partial charge >= 0.3 is 5.97 Å². The lowest BCUT2D eigenvalue weighted by Crippen LogP contribution is -2.15. The van der Waals surface area contributed by atoms with Gasteiger partial charge < -0.3 is 18.8 Å². The smallest absolute Gasteiger partial charge is 0.340 e. The third kappa shape index (κ3) is 4.20. The van der Waals surface area contributed by atoms with Gasteiger partial charge in [0.2, 0.25) is 5.78 Å². The molecule has 1 aromatic heterocycles. The maximum absolute atomic E-state index is 13.2. The number of Topliss-reactive ketones (excluding diaryl/α,β-unsaturated/α-hetero) is 1. The fourth-order valence-corrected chi connectivity index (χ4v) is 3.27. The molecule has 0 amide bonds. The number of aromatic nitrogens is 1. The lowest BCUT2D eigenvalue weighted by Gasteiger charge is -2.11. The number of esters is 1. The largest absolute Gasteiger partial charge is 0.497 e. The predicted molar refractivity (Wildman–Crippen MR) is 109 cm³/mol. The number of carbonyl (C=O) groups is 2. The van der Waals surface area contributed by atoms with Crippen molar-refractivity contribution in [3.63, 3.8) is 0 Å². The van der Waals surface area contributed by atoms with E-state index >= 15 is 0 Å². The monoisotopic (exact) mass is 411 g/mol. The van der Waals surface area contributed by atoms with E-state index in [1.165, 1.54) is 26.4 Å². The fraction of sp³-hybridized carbons (Fsp3) is 0.217. The average Bonchev–Trinajstić information content (AvgIpc) is 3.06. The Morgan fingerprint density at radius 2 is 1.63 bits per heavy atom. The van der Waals surface area contributed by atoms with E-state index in [-0.39, 0.29) is 5.82 Å². The fourth-order valence-electron chi connectivity index (χ4n) is 3.27. The minimum absolute atomic E-state index is 0.294. The molecule has 0 atom stereocenters. The highest BCUT2D eigenvalue weighted by Crippen LogP contribution is 2.26. The van der Waals surface area contributed by atoms with Crippen molar-refractivity contribution < 1.29 is 28.2 Å². The molecule has 3 rings (SSSR count). The van der Waals surface area contributed by atoms with E-state index < -0.39 is 18.4 Å². The summed E-state index contributed by atoms with van der Waals surface area (Å²) in [6.45, 7) is 3.17. The molecule has 0 unspecified atom stereocenters. The van der Waals surface area contributed by atoms with Gasteiger partial charge in [-0.3, -0.25) is 4.79 Å². The molecule has 0 radical (unpaired) electrons. The number of ether oxygens (including phenoxy) is 3. The van der Waals surface area contributed by atoms with Crippen molar-refractivity contribution in [2.45, 2.75) is 13.8 Å². The molecule has 0 aliphatic heterocycles. The van der Waals surface area contributed by atoms with Crippen LogP contribution in [0.25, 0.3) is 5.69 Å². The van der Waals surface area contributed by atoms with Crippen LogP contribution < -0.4 is 9.47 Å². The average molecular weight is 411 g/mol. The number of aryl methyl sites for hydroxylation is 1. The van der Waals surface area contributed by atoms with Crippen LogP contribution in [0.4, 0.5) is 4.39 Å². The number of ketones is 1. The van der Waals surface area contributed by atoms with Gasteiger partial charge in [0.05, 0.1) is 25.3 Å². The van der Waals surface area contributed by atoms with Gasteiger partial charge in [0.1, 0.15) is 17.3 Å². The summed E-state index contributed by atoms with van der Waals surface area (Å²) in [5.74, 6) is -0.459. The first-order chi connectivity index (χ1) is 14.3. The molecule has 1 heterocycles. The Kier molecular flexibility index (Phi) is 6.20. The van der Waals surface area contributed by atoms with E-state index in [0.717, 1.165) is 11.4 Å². The Bertz CT molecular complexity index is 1090. The van der Waals surface area contributed by atoms with Crippen molar-refractivity contribution in [3.05, 3.63) is 76.9 Å². The van der Waals surface area contributed by atoms with Crippen molar-refractivity contribution in [2.24, 2.45) is 0 Å². The summed E-state index contributed by atoms with van der Waals surface area (Å²) in [6, 6.07) is 12.4. The normalized spacial score (nSPS) is 10.6. The number of carbonyl (C=O) groups excluding carboxylic acids is 2. The Labute approximate surface area is 173 Å². The van der Waals surface area contributed by atoms with E-state index in [2.05, 4.69) is 0 Å². The number of methoxy groups -OCH3 is 2. The highest BCUT2D eigenvalue weighted by Gasteiger charge is 2.20. The van der Waals surface area contributed by atoms with E-state index in [0.29, 0.717) is 28.3 Å². The summed E-state index contributed by atoms with van der Waals surface area (Å²) in [5, 5.41) is 0. The summed E-state index contributed by atoms with van der Waals surface area (Å²) in [6.07, 6.45) is 0. The van der Waals surface area contributed by atoms with Gasteiger partial charge in [-0.05, 0) is 56.3 Å². The molecule has 156 valence electrons.